The third-order valence-corrected chi connectivity index (χ3v) is 3.05. The van der Waals surface area contributed by atoms with Crippen LogP contribution in [0.4, 0.5) is 0 Å². The summed E-state index contributed by atoms with van der Waals surface area (Å²) >= 11 is 0. The van der Waals surface area contributed by atoms with Gasteiger partial charge in [0.2, 0.25) is 0 Å². The molecule has 1 aromatic rings. The van der Waals surface area contributed by atoms with Gasteiger partial charge in [0.15, 0.2) is 0 Å². The number of nitrogens with zero attached hydrogens (tertiary/aromatic N) is 2. The van der Waals surface area contributed by atoms with Crippen LogP contribution in [0.5, 0.6) is 0 Å². The Morgan fingerprint density at radius 2 is 1.81 bits per heavy atom. The number of rotatable bonds is 3. The molecule has 1 unspecified atom stereocenters. The van der Waals surface area contributed by atoms with Crippen LogP contribution in [-0.4, -0.2) is 23.0 Å². The van der Waals surface area contributed by atoms with Crippen molar-refractivity contribution in [1.82, 2.24) is 9.80 Å². The zero-order valence-corrected chi connectivity index (χ0v) is 10.3. The minimum atomic E-state index is 0.486. The lowest BCUT2D eigenvalue weighted by Crippen LogP contribution is -2.40. The van der Waals surface area contributed by atoms with Crippen LogP contribution in [0, 0.1) is 5.92 Å². The number of benzene rings is 1. The quantitative estimate of drug-likeness (QED) is 0.766. The van der Waals surface area contributed by atoms with E-state index in [0.717, 1.165) is 6.54 Å². The average molecular weight is 216 g/mol. The second-order valence-electron chi connectivity index (χ2n) is 4.78. The van der Waals surface area contributed by atoms with Gasteiger partial charge in [-0.3, -0.25) is 0 Å². The molecule has 0 fully saturated rings. The van der Waals surface area contributed by atoms with Crippen molar-refractivity contribution in [1.29, 1.82) is 0 Å². The van der Waals surface area contributed by atoms with E-state index in [1.54, 1.807) is 0 Å². The highest BCUT2D eigenvalue weighted by Crippen LogP contribution is 2.22. The van der Waals surface area contributed by atoms with Crippen LogP contribution in [0.1, 0.15) is 19.4 Å². The van der Waals surface area contributed by atoms with Gasteiger partial charge in [-0.05, 0) is 11.5 Å². The zero-order valence-electron chi connectivity index (χ0n) is 10.3. The summed E-state index contributed by atoms with van der Waals surface area (Å²) in [4.78, 5) is 4.69. The Balaban J connectivity index is 2.08. The maximum Gasteiger partial charge on any atom is 0.103 e. The van der Waals surface area contributed by atoms with Crippen molar-refractivity contribution in [2.45, 2.75) is 26.6 Å². The van der Waals surface area contributed by atoms with E-state index < -0.39 is 0 Å². The second-order valence-corrected chi connectivity index (χ2v) is 4.78. The lowest BCUT2D eigenvalue weighted by molar-refractivity contribution is 0.121. The largest absolute Gasteiger partial charge is 0.359 e. The molecule has 0 aliphatic carbocycles. The predicted molar refractivity (Wildman–Crippen MR) is 67.5 cm³/mol. The molecule has 0 saturated heterocycles. The topological polar surface area (TPSA) is 6.48 Å². The van der Waals surface area contributed by atoms with Crippen molar-refractivity contribution in [3.8, 4) is 0 Å². The Morgan fingerprint density at radius 1 is 1.12 bits per heavy atom. The van der Waals surface area contributed by atoms with Crippen LogP contribution < -0.4 is 0 Å². The summed E-state index contributed by atoms with van der Waals surface area (Å²) in [6, 6.07) is 10.6. The molecule has 1 aliphatic heterocycles. The normalized spacial score (nSPS) is 19.9. The first-order valence-electron chi connectivity index (χ1n) is 5.88. The van der Waals surface area contributed by atoms with Crippen LogP contribution in [0.15, 0.2) is 42.7 Å². The Bertz CT molecular complexity index is 356. The van der Waals surface area contributed by atoms with Crippen molar-refractivity contribution in [2.75, 3.05) is 7.05 Å². The van der Waals surface area contributed by atoms with Crippen molar-refractivity contribution in [3.63, 3.8) is 0 Å². The molecule has 1 aliphatic rings. The van der Waals surface area contributed by atoms with Crippen LogP contribution in [0.25, 0.3) is 0 Å². The van der Waals surface area contributed by atoms with E-state index in [2.05, 4.69) is 73.4 Å². The van der Waals surface area contributed by atoms with Gasteiger partial charge in [0.1, 0.15) is 6.17 Å². The molecule has 1 heterocycles. The molecule has 1 aromatic carbocycles. The van der Waals surface area contributed by atoms with E-state index >= 15 is 0 Å². The highest BCUT2D eigenvalue weighted by atomic mass is 15.4. The molecule has 0 spiro atoms. The molecule has 2 heteroatoms. The van der Waals surface area contributed by atoms with Crippen molar-refractivity contribution >= 4 is 0 Å². The molecular weight excluding hydrogens is 196 g/mol. The SMILES string of the molecule is CC(C)C1N(C)C=CN1Cc1ccccc1. The van der Waals surface area contributed by atoms with Gasteiger partial charge in [-0.1, -0.05) is 44.2 Å². The van der Waals surface area contributed by atoms with E-state index in [-0.39, 0.29) is 0 Å². The van der Waals surface area contributed by atoms with Gasteiger partial charge in [-0.15, -0.1) is 0 Å². The van der Waals surface area contributed by atoms with Gasteiger partial charge in [0.05, 0.1) is 0 Å². The third kappa shape index (κ3) is 2.21. The fraction of sp³-hybridized carbons (Fsp3) is 0.429. The van der Waals surface area contributed by atoms with E-state index in [1.807, 2.05) is 0 Å². The molecule has 2 nitrogen and oxygen atoms in total. The molecule has 0 N–H and O–H groups in total. The van der Waals surface area contributed by atoms with Crippen LogP contribution in [-0.2, 0) is 6.54 Å². The van der Waals surface area contributed by atoms with Gasteiger partial charge >= 0.3 is 0 Å². The molecule has 0 saturated carbocycles. The van der Waals surface area contributed by atoms with Crippen molar-refractivity contribution in [2.24, 2.45) is 5.92 Å². The molecule has 1 atom stereocenters. The smallest absolute Gasteiger partial charge is 0.103 e. The van der Waals surface area contributed by atoms with Gasteiger partial charge < -0.3 is 9.80 Å². The second kappa shape index (κ2) is 4.60. The molecular formula is C14H20N2. The van der Waals surface area contributed by atoms with Crippen molar-refractivity contribution in [3.05, 3.63) is 48.3 Å². The lowest BCUT2D eigenvalue weighted by atomic mass is 10.1. The van der Waals surface area contributed by atoms with Crippen molar-refractivity contribution < 1.29 is 0 Å². The van der Waals surface area contributed by atoms with Gasteiger partial charge in [0, 0.05) is 26.0 Å². The average Bonchev–Trinajstić information content (AvgIpc) is 2.61. The fourth-order valence-electron chi connectivity index (χ4n) is 2.39. The monoisotopic (exact) mass is 216 g/mol. The summed E-state index contributed by atoms with van der Waals surface area (Å²) in [5.74, 6) is 0.628. The minimum absolute atomic E-state index is 0.486. The summed E-state index contributed by atoms with van der Waals surface area (Å²) in [5.41, 5.74) is 1.37. The standard InChI is InChI=1S/C14H20N2/c1-12(2)14-15(3)9-10-16(14)11-13-7-5-4-6-8-13/h4-10,12,14H,11H2,1-3H3. The lowest BCUT2D eigenvalue weighted by Gasteiger charge is -2.33. The molecule has 0 aromatic heterocycles. The summed E-state index contributed by atoms with van der Waals surface area (Å²) in [6.45, 7) is 5.53. The van der Waals surface area contributed by atoms with E-state index in [9.17, 15) is 0 Å². The maximum absolute atomic E-state index is 2.40. The van der Waals surface area contributed by atoms with Gasteiger partial charge in [-0.25, -0.2) is 0 Å². The number of hydrogen-bond donors (Lipinski definition) is 0. The number of hydrogen-bond acceptors (Lipinski definition) is 2. The molecule has 0 radical (unpaired) electrons. The van der Waals surface area contributed by atoms with E-state index in [0.29, 0.717) is 12.1 Å². The Hall–Kier alpha value is -1.44. The van der Waals surface area contributed by atoms with Gasteiger partial charge in [0.25, 0.3) is 0 Å². The Kier molecular flexibility index (Phi) is 3.18. The first-order chi connectivity index (χ1) is 7.68. The molecule has 86 valence electrons. The summed E-state index contributed by atoms with van der Waals surface area (Å²) < 4.78 is 0. The Morgan fingerprint density at radius 3 is 2.44 bits per heavy atom. The zero-order chi connectivity index (χ0) is 11.5. The van der Waals surface area contributed by atoms with E-state index in [4.69, 9.17) is 0 Å². The van der Waals surface area contributed by atoms with Crippen LogP contribution >= 0.6 is 0 Å². The summed E-state index contributed by atoms with van der Waals surface area (Å²) in [5, 5.41) is 0. The van der Waals surface area contributed by atoms with E-state index in [1.165, 1.54) is 5.56 Å². The van der Waals surface area contributed by atoms with Gasteiger partial charge in [-0.2, -0.15) is 0 Å². The molecule has 0 amide bonds. The highest BCUT2D eigenvalue weighted by molar-refractivity contribution is 5.15. The molecule has 0 bridgehead atoms. The first-order valence-corrected chi connectivity index (χ1v) is 5.88. The summed E-state index contributed by atoms with van der Waals surface area (Å²) in [7, 11) is 2.14. The van der Waals surface area contributed by atoms with Crippen LogP contribution in [0.2, 0.25) is 0 Å². The van der Waals surface area contributed by atoms with Crippen LogP contribution in [0.3, 0.4) is 0 Å². The summed E-state index contributed by atoms with van der Waals surface area (Å²) in [6.07, 6.45) is 4.84. The first kappa shape index (κ1) is 11.1. The third-order valence-electron chi connectivity index (χ3n) is 3.05. The Labute approximate surface area is 98.2 Å². The molecule has 2 rings (SSSR count). The predicted octanol–water partition coefficient (Wildman–Crippen LogP) is 2.89. The molecule has 16 heavy (non-hydrogen) atoms. The fourth-order valence-corrected chi connectivity index (χ4v) is 2.39. The minimum Gasteiger partial charge on any atom is -0.359 e. The maximum atomic E-state index is 2.40. The highest BCUT2D eigenvalue weighted by Gasteiger charge is 2.26.